The Morgan fingerprint density at radius 1 is 0.505 bits per heavy atom. The van der Waals surface area contributed by atoms with Crippen LogP contribution in [0, 0.1) is 49.4 Å². The van der Waals surface area contributed by atoms with Crippen LogP contribution in [0.4, 0.5) is 8.63 Å². The van der Waals surface area contributed by atoms with Crippen molar-refractivity contribution in [1.29, 1.82) is 0 Å². The molecule has 0 saturated carbocycles. The number of esters is 7. The van der Waals surface area contributed by atoms with Crippen molar-refractivity contribution in [3.63, 3.8) is 0 Å². The smallest absolute Gasteiger partial charge is 0.458 e. The molecule has 6 aliphatic heterocycles. The summed E-state index contributed by atoms with van der Waals surface area (Å²) >= 11 is 0. The molecule has 0 unspecified atom stereocenters. The molecule has 0 bridgehead atoms. The summed E-state index contributed by atoms with van der Waals surface area (Å²) in [4.78, 5) is 88.9. The predicted molar refractivity (Wildman–Crippen MR) is 397 cm³/mol. The largest absolute Gasteiger partial charge is 0.737 e. The van der Waals surface area contributed by atoms with Crippen LogP contribution < -0.4 is 28.4 Å². The van der Waals surface area contributed by atoms with Crippen LogP contribution in [0.2, 0.25) is 0 Å². The molecule has 7 heterocycles. The molecule has 2 spiro atoms. The number of fused-ring (bicyclic) bond motifs is 14. The highest BCUT2D eigenvalue weighted by atomic mass is 19.2. The molecule has 562 valence electrons. The number of aromatic nitrogens is 1. The summed E-state index contributed by atoms with van der Waals surface area (Å²) in [7, 11) is 0. The van der Waals surface area contributed by atoms with E-state index >= 15 is 8.63 Å². The zero-order chi connectivity index (χ0) is 78.6. The normalized spacial score (nSPS) is 15.0. The molecule has 25 heteroatoms. The molecule has 0 fully saturated rings. The van der Waals surface area contributed by atoms with Gasteiger partial charge in [-0.3, -0.25) is 19.2 Å². The molecule has 0 N–H and O–H groups in total. The number of hydrogen-bond donors (Lipinski definition) is 0. The van der Waals surface area contributed by atoms with Gasteiger partial charge < -0.3 is 79.2 Å². The molecular formula is C86H71BF2N2O20. The van der Waals surface area contributed by atoms with Crippen LogP contribution in [0.1, 0.15) is 161 Å². The standard InChI is InChI=1S/C86H71BF2N2O20/c1-48-64(26-16-57-18-28-68-66(41-57)82(97)110-85(68)70-30-22-60(103-52(5)92)43-74(70)107-75-44-61(104-53(6)93)23-31-71(75)85)50(3)90-80(48)79(59-20-14-56(15-21-59)13-12-34-99-35-36-100-37-38-101-39-40-102-47-78(96)109-84(9,10)11)81-49(2)65(51(4)91(81)87(90,88)89)27-17-58-19-29-69-67(42-58)83(98)111-86(69)72-32-24-62(105-54(7)94)45-76(72)108-77-46-63(106-55(8)95)25-33-73(77)86/h14-15,18-25,28-33,41-46H,34-40,47H2,1-11H3. The van der Waals surface area contributed by atoms with Crippen LogP contribution in [0.5, 0.6) is 46.0 Å². The lowest BCUT2D eigenvalue weighted by Gasteiger charge is -2.36. The lowest BCUT2D eigenvalue weighted by atomic mass is 9.77. The third kappa shape index (κ3) is 14.2. The van der Waals surface area contributed by atoms with Gasteiger partial charge in [0.2, 0.25) is 0 Å². The van der Waals surface area contributed by atoms with Crippen molar-refractivity contribution >= 4 is 60.0 Å². The van der Waals surface area contributed by atoms with Crippen LogP contribution in [-0.2, 0) is 68.3 Å². The van der Waals surface area contributed by atoms with Crippen molar-refractivity contribution < 1.29 is 108 Å². The van der Waals surface area contributed by atoms with Gasteiger partial charge in [-0.2, -0.15) is 0 Å². The van der Waals surface area contributed by atoms with Gasteiger partial charge in [0.1, 0.15) is 70.5 Å². The molecule has 14 rings (SSSR count). The van der Waals surface area contributed by atoms with Crippen LogP contribution in [0.3, 0.4) is 0 Å². The van der Waals surface area contributed by atoms with E-state index in [0.29, 0.717) is 96.7 Å². The Kier molecular flexibility index (Phi) is 20.1. The number of ether oxygens (including phenoxy) is 13. The van der Waals surface area contributed by atoms with E-state index in [2.05, 4.69) is 35.5 Å². The minimum atomic E-state index is -4.73. The maximum absolute atomic E-state index is 18.5. The Morgan fingerprint density at radius 2 is 0.919 bits per heavy atom. The van der Waals surface area contributed by atoms with Gasteiger partial charge in [0.05, 0.1) is 61.9 Å². The number of hydrogen-bond acceptors (Lipinski definition) is 20. The number of allylic oxidation sites excluding steroid dienone is 2. The second-order valence-corrected chi connectivity index (χ2v) is 27.7. The molecular weight excluding hydrogens is 1430 g/mol. The summed E-state index contributed by atoms with van der Waals surface area (Å²) in [5.41, 5.74) is 3.60. The Balaban J connectivity index is 0.789. The monoisotopic (exact) mass is 1500 g/mol. The summed E-state index contributed by atoms with van der Waals surface area (Å²) in [5.74, 6) is 16.3. The molecule has 1 aromatic heterocycles. The van der Waals surface area contributed by atoms with Crippen molar-refractivity contribution in [3.8, 4) is 81.5 Å². The van der Waals surface area contributed by atoms with Gasteiger partial charge in [-0.05, 0) is 138 Å². The van der Waals surface area contributed by atoms with Gasteiger partial charge in [0, 0.05) is 131 Å². The van der Waals surface area contributed by atoms with Crippen LogP contribution >= 0.6 is 0 Å². The van der Waals surface area contributed by atoms with Crippen LogP contribution in [-0.4, -0.2) is 122 Å². The summed E-state index contributed by atoms with van der Waals surface area (Å²) in [5, 5.41) is 0. The lowest BCUT2D eigenvalue weighted by Crippen LogP contribution is -2.51. The predicted octanol–water partition coefficient (Wildman–Crippen LogP) is 13.0. The quantitative estimate of drug-likeness (QED) is 0.0205. The first-order valence-electron chi connectivity index (χ1n) is 35.5. The summed E-state index contributed by atoms with van der Waals surface area (Å²) < 4.78 is 114. The number of rotatable bonds is 17. The van der Waals surface area contributed by atoms with E-state index in [1.807, 2.05) is 12.1 Å². The minimum absolute atomic E-state index is 0.0873. The third-order valence-electron chi connectivity index (χ3n) is 19.0. The molecule has 6 aliphatic rings. The van der Waals surface area contributed by atoms with Crippen LogP contribution in [0.15, 0.2) is 150 Å². The van der Waals surface area contributed by atoms with Crippen molar-refractivity contribution in [2.24, 2.45) is 0 Å². The van der Waals surface area contributed by atoms with Crippen LogP contribution in [0.25, 0.3) is 5.57 Å². The molecule has 0 radical (unpaired) electrons. The highest BCUT2D eigenvalue weighted by molar-refractivity contribution is 6.58. The lowest BCUT2D eigenvalue weighted by molar-refractivity contribution is -0.363. The molecule has 7 aromatic carbocycles. The van der Waals surface area contributed by atoms with E-state index in [9.17, 15) is 33.6 Å². The molecule has 0 atom stereocenters. The van der Waals surface area contributed by atoms with Crippen molar-refractivity contribution in [1.82, 2.24) is 4.48 Å². The van der Waals surface area contributed by atoms with E-state index < -0.39 is 65.6 Å². The first-order chi connectivity index (χ1) is 53.0. The Morgan fingerprint density at radius 3 is 1.36 bits per heavy atom. The Bertz CT molecular complexity index is 5530. The number of halogens is 2. The fraction of sp³-hybridized carbons (Fsp3) is 0.256. The van der Waals surface area contributed by atoms with Gasteiger partial charge in [0.15, 0.2) is 16.9 Å². The average molecular weight is 1500 g/mol. The van der Waals surface area contributed by atoms with Gasteiger partial charge in [-0.25, -0.2) is 14.4 Å². The molecule has 0 saturated heterocycles. The SMILES string of the molecule is CC(=O)Oc1ccc2c(c1)Oc1cc(OC(C)=O)ccc1C21OC(=O)c2cc(C#CC3=C(C)C4=C(c5ccc(C#CCOCCOCCOCCOCC(=O)OC(C)(C)C)cc5)c5c(C)c(C#Cc6ccc7c(c6)C(=O)OC76c7ccc(OC(C)=O)cc7Oc7cc(OC(C)=O)ccc76)c(C)n5[B-](F)(F)[N+]4=C3C)ccc21. The van der Waals surface area contributed by atoms with Gasteiger partial charge in [-0.1, -0.05) is 59.8 Å². The number of nitrogens with zero attached hydrogens (tertiary/aromatic N) is 2. The Labute approximate surface area is 636 Å². The minimum Gasteiger partial charge on any atom is -0.458 e. The highest BCUT2D eigenvalue weighted by Gasteiger charge is 2.59. The van der Waals surface area contributed by atoms with E-state index in [1.165, 1.54) is 52.0 Å². The zero-order valence-electron chi connectivity index (χ0n) is 62.3. The van der Waals surface area contributed by atoms with E-state index in [1.54, 1.807) is 146 Å². The summed E-state index contributed by atoms with van der Waals surface area (Å²) in [6, 6.07) is 36.0. The van der Waals surface area contributed by atoms with Crippen molar-refractivity contribution in [3.05, 3.63) is 240 Å². The molecule has 0 aliphatic carbocycles. The number of benzene rings is 7. The maximum atomic E-state index is 18.5. The van der Waals surface area contributed by atoms with Gasteiger partial charge >= 0.3 is 48.8 Å². The van der Waals surface area contributed by atoms with E-state index in [-0.39, 0.29) is 120 Å². The second-order valence-electron chi connectivity index (χ2n) is 27.7. The van der Waals surface area contributed by atoms with Gasteiger partial charge in [-0.15, -0.1) is 0 Å². The molecule has 8 aromatic rings. The van der Waals surface area contributed by atoms with Crippen molar-refractivity contribution in [2.75, 3.05) is 52.9 Å². The maximum Gasteiger partial charge on any atom is 0.737 e. The summed E-state index contributed by atoms with van der Waals surface area (Å²) in [6.07, 6.45) is 0. The number of carbonyl (C=O) groups is 7. The topological polar surface area (TPSA) is 247 Å². The zero-order valence-corrected chi connectivity index (χ0v) is 62.3. The summed E-state index contributed by atoms with van der Waals surface area (Å²) in [6.45, 7) is 13.9. The fourth-order valence-electron chi connectivity index (χ4n) is 14.8. The van der Waals surface area contributed by atoms with Gasteiger partial charge in [0.25, 0.3) is 0 Å². The highest BCUT2D eigenvalue weighted by Crippen LogP contribution is 2.60. The average Bonchev–Trinajstić information content (AvgIpc) is 1.56. The molecule has 0 amide bonds. The van der Waals surface area contributed by atoms with E-state index in [4.69, 9.17) is 61.6 Å². The van der Waals surface area contributed by atoms with E-state index in [0.717, 1.165) is 8.96 Å². The number of carbonyl (C=O) groups excluding carboxylic acids is 7. The Hall–Kier alpha value is -12.7. The fourth-order valence-corrected chi connectivity index (χ4v) is 14.8. The molecule has 111 heavy (non-hydrogen) atoms. The first-order valence-corrected chi connectivity index (χ1v) is 35.5. The third-order valence-corrected chi connectivity index (χ3v) is 19.0. The second kappa shape index (κ2) is 29.7. The first kappa shape index (κ1) is 75.1. The van der Waals surface area contributed by atoms with Crippen molar-refractivity contribution in [2.45, 2.75) is 93.0 Å². The molecule has 22 nitrogen and oxygen atoms in total.